The molecule has 0 spiro atoms. The van der Waals surface area contributed by atoms with Crippen molar-refractivity contribution >= 4 is 28.2 Å². The Kier molecular flexibility index (Phi) is 5.64. The number of carbonyl (C=O) groups excluding carboxylic acids is 1. The van der Waals surface area contributed by atoms with E-state index in [1.54, 1.807) is 38.1 Å². The molecule has 0 saturated heterocycles. The molecule has 1 amide bonds. The minimum atomic E-state index is -2.68. The number of rotatable bonds is 3. The zero-order valence-electron chi connectivity index (χ0n) is 12.7. The van der Waals surface area contributed by atoms with Crippen LogP contribution in [0.2, 0.25) is 0 Å². The van der Waals surface area contributed by atoms with Crippen LogP contribution in [0.3, 0.4) is 0 Å². The molecule has 0 radical (unpaired) electrons. The van der Waals surface area contributed by atoms with E-state index in [0.717, 1.165) is 0 Å². The molecule has 0 aromatic heterocycles. The summed E-state index contributed by atoms with van der Waals surface area (Å²) >= 11 is 6.02. The molecule has 0 saturated carbocycles. The van der Waals surface area contributed by atoms with E-state index in [-0.39, 0.29) is 16.2 Å². The first-order valence-corrected chi connectivity index (χ1v) is 8.57. The minimum absolute atomic E-state index is 0.195. The molecule has 120 valence electrons. The van der Waals surface area contributed by atoms with Crippen LogP contribution in [0.4, 0.5) is 0 Å². The van der Waals surface area contributed by atoms with Crippen molar-refractivity contribution in [3.63, 3.8) is 0 Å². The van der Waals surface area contributed by atoms with Crippen molar-refractivity contribution in [3.8, 4) is 11.8 Å². The van der Waals surface area contributed by atoms with Gasteiger partial charge in [-0.1, -0.05) is 17.9 Å². The number of hydrogen-bond acceptors (Lipinski definition) is 3. The SMILES string of the molecule is Cc1cc([SH](=O)=O)c(C)cc1C(=O)NC1=C/C#CCC(Cl)/C=C\1. The summed E-state index contributed by atoms with van der Waals surface area (Å²) in [6.45, 7) is 3.36. The largest absolute Gasteiger partial charge is 0.321 e. The number of amides is 1. The summed E-state index contributed by atoms with van der Waals surface area (Å²) in [5, 5.41) is 2.57. The molecule has 1 unspecified atom stereocenters. The van der Waals surface area contributed by atoms with Crippen LogP contribution in [0.25, 0.3) is 0 Å². The third-order valence-electron chi connectivity index (χ3n) is 3.35. The lowest BCUT2D eigenvalue weighted by Gasteiger charge is -2.11. The first-order chi connectivity index (χ1) is 10.9. The van der Waals surface area contributed by atoms with Crippen molar-refractivity contribution in [2.75, 3.05) is 0 Å². The summed E-state index contributed by atoms with van der Waals surface area (Å²) < 4.78 is 22.3. The van der Waals surface area contributed by atoms with Crippen molar-refractivity contribution in [2.45, 2.75) is 30.5 Å². The van der Waals surface area contributed by atoms with Gasteiger partial charge in [-0.3, -0.25) is 4.79 Å². The third-order valence-corrected chi connectivity index (χ3v) is 4.53. The fourth-order valence-electron chi connectivity index (χ4n) is 2.13. The molecule has 1 aliphatic carbocycles. The molecular formula is C17H16ClNO3S. The van der Waals surface area contributed by atoms with E-state index < -0.39 is 10.7 Å². The molecule has 1 atom stereocenters. The number of nitrogens with one attached hydrogen (secondary N) is 1. The van der Waals surface area contributed by atoms with Crippen molar-refractivity contribution in [1.29, 1.82) is 0 Å². The van der Waals surface area contributed by atoms with Crippen molar-refractivity contribution in [3.05, 3.63) is 52.7 Å². The minimum Gasteiger partial charge on any atom is -0.321 e. The zero-order valence-corrected chi connectivity index (χ0v) is 14.4. The van der Waals surface area contributed by atoms with Crippen LogP contribution in [0.15, 0.2) is 41.0 Å². The number of halogens is 1. The number of thiol groups is 1. The van der Waals surface area contributed by atoms with Gasteiger partial charge in [0.2, 0.25) is 0 Å². The Morgan fingerprint density at radius 1 is 1.30 bits per heavy atom. The topological polar surface area (TPSA) is 63.2 Å². The number of aryl methyl sites for hydroxylation is 2. The van der Waals surface area contributed by atoms with E-state index in [2.05, 4.69) is 17.2 Å². The van der Waals surface area contributed by atoms with Crippen LogP contribution in [0, 0.1) is 25.7 Å². The quantitative estimate of drug-likeness (QED) is 0.500. The summed E-state index contributed by atoms with van der Waals surface area (Å²) in [4.78, 5) is 12.7. The van der Waals surface area contributed by atoms with Crippen LogP contribution in [0.1, 0.15) is 27.9 Å². The Hall–Kier alpha value is -2.03. The molecule has 23 heavy (non-hydrogen) atoms. The predicted molar refractivity (Wildman–Crippen MR) is 91.2 cm³/mol. The molecule has 0 heterocycles. The molecule has 1 aliphatic rings. The normalized spacial score (nSPS) is 20.5. The fraction of sp³-hybridized carbons (Fsp3) is 0.235. The van der Waals surface area contributed by atoms with Crippen LogP contribution < -0.4 is 5.32 Å². The summed E-state index contributed by atoms with van der Waals surface area (Å²) in [7, 11) is -2.68. The van der Waals surface area contributed by atoms with Gasteiger partial charge < -0.3 is 5.32 Å². The maximum Gasteiger partial charge on any atom is 0.255 e. The second-order valence-electron chi connectivity index (χ2n) is 5.16. The molecule has 4 nitrogen and oxygen atoms in total. The van der Waals surface area contributed by atoms with Gasteiger partial charge >= 0.3 is 0 Å². The first-order valence-electron chi connectivity index (χ1n) is 6.96. The van der Waals surface area contributed by atoms with Crippen molar-refractivity contribution in [1.82, 2.24) is 5.32 Å². The standard InChI is InChI=1S/C17H16ClNO3S/c1-11-10-16(23(21)22)12(2)9-15(11)17(20)19-14-6-4-3-5-13(18)7-8-14/h6-10,13,23H,5H2,1-2H3,(H,19,20)/b8-7-,14-6+. The smallest absolute Gasteiger partial charge is 0.255 e. The Balaban J connectivity index is 2.29. The maximum atomic E-state index is 12.4. The second kappa shape index (κ2) is 7.49. The Morgan fingerprint density at radius 3 is 2.74 bits per heavy atom. The second-order valence-corrected chi connectivity index (χ2v) is 6.72. The summed E-state index contributed by atoms with van der Waals surface area (Å²) in [5.74, 6) is 5.41. The van der Waals surface area contributed by atoms with Gasteiger partial charge in [0.25, 0.3) is 5.91 Å². The van der Waals surface area contributed by atoms with E-state index in [4.69, 9.17) is 11.6 Å². The molecule has 0 fully saturated rings. The molecule has 1 aromatic rings. The first kappa shape index (κ1) is 17.3. The van der Waals surface area contributed by atoms with E-state index in [1.807, 2.05) is 0 Å². The van der Waals surface area contributed by atoms with Gasteiger partial charge in [-0.15, -0.1) is 11.6 Å². The van der Waals surface area contributed by atoms with Gasteiger partial charge in [-0.05, 0) is 43.2 Å². The monoisotopic (exact) mass is 349 g/mol. The highest BCUT2D eigenvalue weighted by Gasteiger charge is 2.13. The lowest BCUT2D eigenvalue weighted by atomic mass is 10.0. The Morgan fingerprint density at radius 2 is 2.04 bits per heavy atom. The number of benzene rings is 1. The average Bonchev–Trinajstić information content (AvgIpc) is 2.48. The summed E-state index contributed by atoms with van der Waals surface area (Å²) in [6.07, 6.45) is 5.66. The number of carbonyl (C=O) groups is 1. The molecule has 1 N–H and O–H groups in total. The van der Waals surface area contributed by atoms with Gasteiger partial charge in [0.15, 0.2) is 10.7 Å². The fourth-order valence-corrected chi connectivity index (χ4v) is 2.93. The molecule has 1 aromatic carbocycles. The molecule has 0 bridgehead atoms. The summed E-state index contributed by atoms with van der Waals surface area (Å²) in [5.41, 5.74) is 2.11. The average molecular weight is 350 g/mol. The van der Waals surface area contributed by atoms with Gasteiger partial charge in [0.1, 0.15) is 0 Å². The third kappa shape index (κ3) is 4.47. The van der Waals surface area contributed by atoms with E-state index >= 15 is 0 Å². The highest BCUT2D eigenvalue weighted by atomic mass is 35.5. The molecular weight excluding hydrogens is 334 g/mol. The molecule has 2 rings (SSSR count). The maximum absolute atomic E-state index is 12.4. The van der Waals surface area contributed by atoms with Crippen molar-refractivity contribution in [2.24, 2.45) is 0 Å². The van der Waals surface area contributed by atoms with Crippen LogP contribution in [-0.4, -0.2) is 19.7 Å². The van der Waals surface area contributed by atoms with Gasteiger partial charge in [0, 0.05) is 23.8 Å². The van der Waals surface area contributed by atoms with E-state index in [9.17, 15) is 13.2 Å². The van der Waals surface area contributed by atoms with Crippen LogP contribution in [0.5, 0.6) is 0 Å². The lowest BCUT2D eigenvalue weighted by molar-refractivity contribution is 0.0966. The van der Waals surface area contributed by atoms with Gasteiger partial charge in [-0.25, -0.2) is 8.42 Å². The predicted octanol–water partition coefficient (Wildman–Crippen LogP) is 2.46. The van der Waals surface area contributed by atoms with E-state index in [1.165, 1.54) is 6.07 Å². The van der Waals surface area contributed by atoms with Gasteiger partial charge in [-0.2, -0.15) is 0 Å². The zero-order chi connectivity index (χ0) is 17.0. The number of alkyl halides is 1. The molecule has 0 aliphatic heterocycles. The van der Waals surface area contributed by atoms with E-state index in [0.29, 0.717) is 28.8 Å². The molecule has 6 heteroatoms. The van der Waals surface area contributed by atoms with Crippen LogP contribution in [-0.2, 0) is 10.7 Å². The lowest BCUT2D eigenvalue weighted by Crippen LogP contribution is -2.23. The highest BCUT2D eigenvalue weighted by molar-refractivity contribution is 7.72. The number of hydrogen-bond donors (Lipinski definition) is 2. The Labute approximate surface area is 142 Å². The van der Waals surface area contributed by atoms with Gasteiger partial charge in [0.05, 0.1) is 10.3 Å². The van der Waals surface area contributed by atoms with Crippen molar-refractivity contribution < 1.29 is 13.2 Å². The number of allylic oxidation sites excluding steroid dienone is 3. The Bertz CT molecular complexity index is 833. The highest BCUT2D eigenvalue weighted by Crippen LogP contribution is 2.18. The summed E-state index contributed by atoms with van der Waals surface area (Å²) in [6, 6.07) is 3.08. The van der Waals surface area contributed by atoms with Crippen LogP contribution >= 0.6 is 11.6 Å².